The lowest BCUT2D eigenvalue weighted by Gasteiger charge is -2.34. The van der Waals surface area contributed by atoms with Crippen molar-refractivity contribution in [1.82, 2.24) is 5.32 Å². The molecule has 4 heteroatoms. The van der Waals surface area contributed by atoms with Crippen molar-refractivity contribution in [2.45, 2.75) is 57.6 Å². The van der Waals surface area contributed by atoms with E-state index in [1.807, 2.05) is 6.08 Å². The molecule has 1 saturated carbocycles. The molecule has 2 aliphatic rings. The summed E-state index contributed by atoms with van der Waals surface area (Å²) < 4.78 is 5.54. The molecule has 1 aliphatic carbocycles. The summed E-state index contributed by atoms with van der Waals surface area (Å²) in [4.78, 5) is 14.2. The largest absolute Gasteiger partial charge is 0.381 e. The molecular formula is C18H25NO2S. The lowest BCUT2D eigenvalue weighted by Crippen LogP contribution is -2.43. The van der Waals surface area contributed by atoms with E-state index in [1.165, 1.54) is 16.9 Å². The van der Waals surface area contributed by atoms with Crippen LogP contribution >= 0.6 is 11.3 Å². The molecule has 1 aliphatic heterocycles. The second-order valence-corrected chi connectivity index (χ2v) is 8.07. The van der Waals surface area contributed by atoms with Crippen molar-refractivity contribution in [2.75, 3.05) is 7.11 Å². The molecule has 1 aromatic heterocycles. The van der Waals surface area contributed by atoms with Crippen LogP contribution in [0.1, 0.15) is 50.0 Å². The number of carbonyl (C=O) groups is 1. The fourth-order valence-corrected chi connectivity index (χ4v) is 4.78. The average molecular weight is 319 g/mol. The number of ketones is 1. The molecule has 0 aromatic carbocycles. The molecular weight excluding hydrogens is 294 g/mol. The quantitative estimate of drug-likeness (QED) is 0.862. The molecule has 0 amide bonds. The van der Waals surface area contributed by atoms with Crippen LogP contribution in [0.15, 0.2) is 17.5 Å². The number of rotatable bonds is 3. The van der Waals surface area contributed by atoms with E-state index in [-0.39, 0.29) is 23.3 Å². The maximum Gasteiger partial charge on any atom is 0.163 e. The smallest absolute Gasteiger partial charge is 0.163 e. The fourth-order valence-electron chi connectivity index (χ4n) is 3.66. The van der Waals surface area contributed by atoms with E-state index in [0.29, 0.717) is 0 Å². The SMILES string of the molecule is COC1CCCCC1C(=O)/C=C1/NC(C)(C)Cc2sccc21. The standard InChI is InChI=1S/C18H25NO2S/c1-18(2)11-17-12(8-9-22-17)14(19-18)10-15(20)13-6-4-5-7-16(13)21-3/h8-10,13,16,19H,4-7,11H2,1-3H3/b14-10+. The van der Waals surface area contributed by atoms with Crippen LogP contribution in [0.25, 0.3) is 5.70 Å². The molecule has 3 rings (SSSR count). The number of ether oxygens (including phenoxy) is 1. The molecule has 0 saturated heterocycles. The van der Waals surface area contributed by atoms with Gasteiger partial charge < -0.3 is 10.1 Å². The molecule has 2 heterocycles. The minimum Gasteiger partial charge on any atom is -0.381 e. The molecule has 3 nitrogen and oxygen atoms in total. The number of carbonyl (C=O) groups excluding carboxylic acids is 1. The van der Waals surface area contributed by atoms with E-state index < -0.39 is 0 Å². The van der Waals surface area contributed by atoms with Crippen LogP contribution in [-0.2, 0) is 16.0 Å². The van der Waals surface area contributed by atoms with Crippen LogP contribution < -0.4 is 5.32 Å². The van der Waals surface area contributed by atoms with Crippen molar-refractivity contribution in [3.63, 3.8) is 0 Å². The molecule has 2 atom stereocenters. The van der Waals surface area contributed by atoms with Crippen LogP contribution in [0.5, 0.6) is 0 Å². The van der Waals surface area contributed by atoms with Crippen molar-refractivity contribution in [2.24, 2.45) is 5.92 Å². The highest BCUT2D eigenvalue weighted by Gasteiger charge is 2.32. The molecule has 1 N–H and O–H groups in total. The van der Waals surface area contributed by atoms with Crippen molar-refractivity contribution < 1.29 is 9.53 Å². The molecule has 1 aromatic rings. The van der Waals surface area contributed by atoms with E-state index in [2.05, 4.69) is 30.6 Å². The first-order valence-electron chi connectivity index (χ1n) is 8.13. The summed E-state index contributed by atoms with van der Waals surface area (Å²) >= 11 is 1.78. The third kappa shape index (κ3) is 3.13. The summed E-state index contributed by atoms with van der Waals surface area (Å²) in [7, 11) is 1.72. The topological polar surface area (TPSA) is 38.3 Å². The van der Waals surface area contributed by atoms with E-state index in [9.17, 15) is 4.79 Å². The zero-order valence-corrected chi connectivity index (χ0v) is 14.5. The van der Waals surface area contributed by atoms with Gasteiger partial charge in [0, 0.05) is 47.2 Å². The summed E-state index contributed by atoms with van der Waals surface area (Å²) in [6.07, 6.45) is 7.15. The van der Waals surface area contributed by atoms with Gasteiger partial charge in [-0.15, -0.1) is 11.3 Å². The first kappa shape index (κ1) is 15.8. The molecule has 0 bridgehead atoms. The van der Waals surface area contributed by atoms with Gasteiger partial charge in [0.1, 0.15) is 0 Å². The number of thiophene rings is 1. The molecule has 1 fully saturated rings. The third-order valence-corrected chi connectivity index (χ3v) is 5.69. The number of nitrogens with one attached hydrogen (secondary N) is 1. The Morgan fingerprint density at radius 1 is 1.41 bits per heavy atom. The normalized spacial score (nSPS) is 29.0. The lowest BCUT2D eigenvalue weighted by molar-refractivity contribution is -0.124. The molecule has 0 spiro atoms. The van der Waals surface area contributed by atoms with Crippen LogP contribution in [0, 0.1) is 5.92 Å². The molecule has 2 unspecified atom stereocenters. The van der Waals surface area contributed by atoms with Gasteiger partial charge >= 0.3 is 0 Å². The van der Waals surface area contributed by atoms with Gasteiger partial charge in [-0.1, -0.05) is 12.8 Å². The predicted molar refractivity (Wildman–Crippen MR) is 91.0 cm³/mol. The van der Waals surface area contributed by atoms with Crippen LogP contribution in [-0.4, -0.2) is 24.5 Å². The minimum absolute atomic E-state index is 0.00279. The van der Waals surface area contributed by atoms with Gasteiger partial charge in [-0.25, -0.2) is 0 Å². The Morgan fingerprint density at radius 3 is 2.95 bits per heavy atom. The van der Waals surface area contributed by atoms with Gasteiger partial charge in [0.05, 0.1) is 6.10 Å². The summed E-state index contributed by atoms with van der Waals surface area (Å²) in [5.41, 5.74) is 2.18. The van der Waals surface area contributed by atoms with Gasteiger partial charge in [-0.05, 0) is 38.1 Å². The zero-order chi connectivity index (χ0) is 15.7. The Bertz CT molecular complexity index is 588. The molecule has 22 heavy (non-hydrogen) atoms. The molecule has 120 valence electrons. The summed E-state index contributed by atoms with van der Waals surface area (Å²) in [6.45, 7) is 4.37. The van der Waals surface area contributed by atoms with Crippen LogP contribution in [0.3, 0.4) is 0 Å². The van der Waals surface area contributed by atoms with Crippen molar-refractivity contribution in [1.29, 1.82) is 0 Å². The summed E-state index contributed by atoms with van der Waals surface area (Å²) in [5, 5.41) is 5.66. The van der Waals surface area contributed by atoms with E-state index >= 15 is 0 Å². The number of methoxy groups -OCH3 is 1. The van der Waals surface area contributed by atoms with E-state index in [1.54, 1.807) is 18.4 Å². The highest BCUT2D eigenvalue weighted by Crippen LogP contribution is 2.34. The number of hydrogen-bond donors (Lipinski definition) is 1. The maximum atomic E-state index is 12.8. The first-order valence-corrected chi connectivity index (χ1v) is 9.01. The number of allylic oxidation sites excluding steroid dienone is 1. The van der Waals surface area contributed by atoms with Gasteiger partial charge in [-0.3, -0.25) is 4.79 Å². The Kier molecular flexibility index (Phi) is 4.42. The highest BCUT2D eigenvalue weighted by molar-refractivity contribution is 7.10. The first-order chi connectivity index (χ1) is 10.5. The van der Waals surface area contributed by atoms with Crippen LogP contribution in [0.4, 0.5) is 0 Å². The van der Waals surface area contributed by atoms with E-state index in [4.69, 9.17) is 4.74 Å². The average Bonchev–Trinajstić information content (AvgIpc) is 2.94. The van der Waals surface area contributed by atoms with Gasteiger partial charge in [0.2, 0.25) is 0 Å². The number of fused-ring (bicyclic) bond motifs is 1. The minimum atomic E-state index is -0.00279. The van der Waals surface area contributed by atoms with Crippen molar-refractivity contribution in [3.8, 4) is 0 Å². The van der Waals surface area contributed by atoms with Gasteiger partial charge in [0.25, 0.3) is 0 Å². The van der Waals surface area contributed by atoms with Crippen molar-refractivity contribution >= 4 is 22.8 Å². The monoisotopic (exact) mass is 319 g/mol. The lowest BCUT2D eigenvalue weighted by atomic mass is 9.82. The maximum absolute atomic E-state index is 12.8. The predicted octanol–water partition coefficient (Wildman–Crippen LogP) is 3.79. The summed E-state index contributed by atoms with van der Waals surface area (Å²) in [6, 6.07) is 2.12. The Morgan fingerprint density at radius 2 is 2.18 bits per heavy atom. The Labute approximate surface area is 136 Å². The Hall–Kier alpha value is -1.13. The number of hydrogen-bond acceptors (Lipinski definition) is 4. The second-order valence-electron chi connectivity index (χ2n) is 7.07. The second kappa shape index (κ2) is 6.17. The van der Waals surface area contributed by atoms with E-state index in [0.717, 1.165) is 31.4 Å². The summed E-state index contributed by atoms with van der Waals surface area (Å²) in [5.74, 6) is 0.226. The third-order valence-electron chi connectivity index (χ3n) is 4.77. The fraction of sp³-hybridized carbons (Fsp3) is 0.611. The highest BCUT2D eigenvalue weighted by atomic mass is 32.1. The zero-order valence-electron chi connectivity index (χ0n) is 13.6. The van der Waals surface area contributed by atoms with Gasteiger partial charge in [0.15, 0.2) is 5.78 Å². The molecule has 0 radical (unpaired) electrons. The van der Waals surface area contributed by atoms with Gasteiger partial charge in [-0.2, -0.15) is 0 Å². The Balaban J connectivity index is 1.86. The van der Waals surface area contributed by atoms with Crippen LogP contribution in [0.2, 0.25) is 0 Å². The van der Waals surface area contributed by atoms with Crippen molar-refractivity contribution in [3.05, 3.63) is 28.0 Å².